The Bertz CT molecular complexity index is 1520. The molecule has 0 atom stereocenters. The van der Waals surface area contributed by atoms with E-state index in [2.05, 4.69) is 15.0 Å². The van der Waals surface area contributed by atoms with Gasteiger partial charge < -0.3 is 14.9 Å². The molecule has 33 heavy (non-hydrogen) atoms. The number of hydrogen-bond donors (Lipinski definition) is 2. The highest BCUT2D eigenvalue weighted by atomic mass is 32.1. The summed E-state index contributed by atoms with van der Waals surface area (Å²) in [6.07, 6.45) is 0.810. The topological polar surface area (TPSA) is 81.8 Å². The van der Waals surface area contributed by atoms with Crippen LogP contribution in [0.1, 0.15) is 17.8 Å². The Morgan fingerprint density at radius 3 is 2.70 bits per heavy atom. The van der Waals surface area contributed by atoms with Crippen LogP contribution in [0.25, 0.3) is 32.4 Å². The van der Waals surface area contributed by atoms with Crippen LogP contribution in [0, 0.1) is 5.82 Å². The number of benzene rings is 2. The number of para-hydroxylation sites is 1. The molecule has 0 spiro atoms. The highest BCUT2D eigenvalue weighted by molar-refractivity contribution is 7.17. The SMILES string of the molecule is CN(Cc1nc2ccsc2c(=O)[nH]1)C(=O)CCc1c(-c2ccc(F)cc2)[nH]c2ccccc12. The summed E-state index contributed by atoms with van der Waals surface area (Å²) >= 11 is 1.34. The van der Waals surface area contributed by atoms with E-state index in [4.69, 9.17) is 0 Å². The molecule has 0 aliphatic rings. The first-order valence-electron chi connectivity index (χ1n) is 10.6. The molecule has 0 aliphatic carbocycles. The van der Waals surface area contributed by atoms with E-state index in [1.807, 2.05) is 29.6 Å². The van der Waals surface area contributed by atoms with Gasteiger partial charge in [-0.1, -0.05) is 18.2 Å². The van der Waals surface area contributed by atoms with E-state index in [-0.39, 0.29) is 30.2 Å². The molecule has 5 rings (SSSR count). The average molecular weight is 461 g/mol. The Morgan fingerprint density at radius 2 is 1.88 bits per heavy atom. The Balaban J connectivity index is 1.36. The summed E-state index contributed by atoms with van der Waals surface area (Å²) in [7, 11) is 1.70. The van der Waals surface area contributed by atoms with Crippen LogP contribution in [0.4, 0.5) is 4.39 Å². The lowest BCUT2D eigenvalue weighted by Gasteiger charge is -2.17. The lowest BCUT2D eigenvalue weighted by Crippen LogP contribution is -2.28. The number of rotatable bonds is 6. The van der Waals surface area contributed by atoms with E-state index in [9.17, 15) is 14.0 Å². The normalized spacial score (nSPS) is 11.3. The lowest BCUT2D eigenvalue weighted by atomic mass is 10.0. The first kappa shape index (κ1) is 21.1. The smallest absolute Gasteiger partial charge is 0.268 e. The maximum atomic E-state index is 13.4. The third kappa shape index (κ3) is 4.17. The summed E-state index contributed by atoms with van der Waals surface area (Å²) in [4.78, 5) is 37.3. The molecule has 0 saturated heterocycles. The van der Waals surface area contributed by atoms with Gasteiger partial charge in [0.2, 0.25) is 5.91 Å². The van der Waals surface area contributed by atoms with Crippen LogP contribution in [0.3, 0.4) is 0 Å². The molecule has 0 aliphatic heterocycles. The van der Waals surface area contributed by atoms with Gasteiger partial charge in [-0.15, -0.1) is 11.3 Å². The van der Waals surface area contributed by atoms with Crippen molar-refractivity contribution in [1.29, 1.82) is 0 Å². The molecule has 0 saturated carbocycles. The highest BCUT2D eigenvalue weighted by Gasteiger charge is 2.17. The zero-order valence-electron chi connectivity index (χ0n) is 17.9. The van der Waals surface area contributed by atoms with Crippen molar-refractivity contribution in [2.45, 2.75) is 19.4 Å². The number of nitrogens with one attached hydrogen (secondary N) is 2. The monoisotopic (exact) mass is 460 g/mol. The van der Waals surface area contributed by atoms with Gasteiger partial charge in [-0.05, 0) is 59.3 Å². The summed E-state index contributed by atoms with van der Waals surface area (Å²) in [5, 5.41) is 2.87. The fraction of sp³-hybridized carbons (Fsp3) is 0.160. The number of aromatic amines is 2. The van der Waals surface area contributed by atoms with Gasteiger partial charge in [0.1, 0.15) is 16.3 Å². The van der Waals surface area contributed by atoms with E-state index < -0.39 is 0 Å². The van der Waals surface area contributed by atoms with E-state index in [1.54, 1.807) is 30.1 Å². The molecular formula is C25H21FN4O2S. The van der Waals surface area contributed by atoms with Crippen LogP contribution in [-0.4, -0.2) is 32.8 Å². The molecule has 166 valence electrons. The van der Waals surface area contributed by atoms with Crippen LogP contribution >= 0.6 is 11.3 Å². The van der Waals surface area contributed by atoms with Gasteiger partial charge in [0.15, 0.2) is 0 Å². The maximum absolute atomic E-state index is 13.4. The zero-order chi connectivity index (χ0) is 22.9. The second kappa shape index (κ2) is 8.63. The lowest BCUT2D eigenvalue weighted by molar-refractivity contribution is -0.130. The van der Waals surface area contributed by atoms with Crippen molar-refractivity contribution in [3.63, 3.8) is 0 Å². The standard InChI is InChI=1S/C25H21FN4O2S/c1-30(14-21-27-20-12-13-33-24(20)25(32)29-21)22(31)11-10-18-17-4-2-3-5-19(17)28-23(18)15-6-8-16(26)9-7-15/h2-9,12-13,28H,10-11,14H2,1H3,(H,27,29,32). The van der Waals surface area contributed by atoms with Crippen LogP contribution in [0.2, 0.25) is 0 Å². The molecule has 6 nitrogen and oxygen atoms in total. The molecule has 0 radical (unpaired) electrons. The molecule has 5 aromatic rings. The number of aromatic nitrogens is 3. The van der Waals surface area contributed by atoms with E-state index in [0.717, 1.165) is 27.7 Å². The molecule has 3 aromatic heterocycles. The third-order valence-corrected chi connectivity index (χ3v) is 6.61. The molecule has 8 heteroatoms. The highest BCUT2D eigenvalue weighted by Crippen LogP contribution is 2.31. The molecule has 0 unspecified atom stereocenters. The maximum Gasteiger partial charge on any atom is 0.268 e. The number of hydrogen-bond acceptors (Lipinski definition) is 4. The molecule has 2 aromatic carbocycles. The van der Waals surface area contributed by atoms with Crippen LogP contribution in [0.5, 0.6) is 0 Å². The van der Waals surface area contributed by atoms with E-state index >= 15 is 0 Å². The minimum atomic E-state index is -0.291. The minimum absolute atomic E-state index is 0.0570. The molecule has 3 heterocycles. The fourth-order valence-electron chi connectivity index (χ4n) is 4.05. The molecule has 0 bridgehead atoms. The Kier molecular flexibility index (Phi) is 5.51. The van der Waals surface area contributed by atoms with Crippen LogP contribution < -0.4 is 5.56 Å². The number of aryl methyl sites for hydroxylation is 1. The summed E-state index contributed by atoms with van der Waals surface area (Å²) < 4.78 is 14.0. The van der Waals surface area contributed by atoms with Crippen molar-refractivity contribution in [2.24, 2.45) is 0 Å². The number of carbonyl (C=O) groups excluding carboxylic acids is 1. The largest absolute Gasteiger partial charge is 0.354 e. The van der Waals surface area contributed by atoms with E-state index in [0.29, 0.717) is 22.5 Å². The van der Waals surface area contributed by atoms with Gasteiger partial charge in [0.25, 0.3) is 5.56 Å². The van der Waals surface area contributed by atoms with Crippen molar-refractivity contribution >= 4 is 38.4 Å². The minimum Gasteiger partial charge on any atom is -0.354 e. The Hall–Kier alpha value is -3.78. The molecule has 1 amide bonds. The number of carbonyl (C=O) groups is 1. The van der Waals surface area contributed by atoms with Crippen LogP contribution in [0.15, 0.2) is 64.8 Å². The summed E-state index contributed by atoms with van der Waals surface area (Å²) in [5.74, 6) is 0.111. The molecule has 0 fully saturated rings. The number of H-pyrrole nitrogens is 2. The van der Waals surface area contributed by atoms with E-state index in [1.165, 1.54) is 23.5 Å². The Morgan fingerprint density at radius 1 is 1.09 bits per heavy atom. The van der Waals surface area contributed by atoms with Crippen molar-refractivity contribution in [3.05, 3.63) is 87.5 Å². The van der Waals surface area contributed by atoms with Crippen molar-refractivity contribution in [1.82, 2.24) is 19.9 Å². The molecule has 2 N–H and O–H groups in total. The number of thiophene rings is 1. The quantitative estimate of drug-likeness (QED) is 0.380. The third-order valence-electron chi connectivity index (χ3n) is 5.71. The number of nitrogens with zero attached hydrogens (tertiary/aromatic N) is 2. The first-order chi connectivity index (χ1) is 16.0. The van der Waals surface area contributed by atoms with Gasteiger partial charge in [0.05, 0.1) is 12.1 Å². The number of halogens is 1. The zero-order valence-corrected chi connectivity index (χ0v) is 18.7. The fourth-order valence-corrected chi connectivity index (χ4v) is 4.78. The first-order valence-corrected chi connectivity index (χ1v) is 11.4. The van der Waals surface area contributed by atoms with Gasteiger partial charge in [-0.2, -0.15) is 0 Å². The summed E-state index contributed by atoms with van der Waals surface area (Å²) in [6.45, 7) is 0.221. The second-order valence-corrected chi connectivity index (χ2v) is 8.84. The van der Waals surface area contributed by atoms with Crippen LogP contribution in [-0.2, 0) is 17.8 Å². The predicted molar refractivity (Wildman–Crippen MR) is 129 cm³/mol. The van der Waals surface area contributed by atoms with Crippen molar-refractivity contribution < 1.29 is 9.18 Å². The van der Waals surface area contributed by atoms with Gasteiger partial charge in [-0.3, -0.25) is 9.59 Å². The number of fused-ring (bicyclic) bond motifs is 2. The van der Waals surface area contributed by atoms with Gasteiger partial charge in [-0.25, -0.2) is 9.37 Å². The number of amides is 1. The Labute approximate surface area is 192 Å². The van der Waals surface area contributed by atoms with Crippen molar-refractivity contribution in [2.75, 3.05) is 7.05 Å². The summed E-state index contributed by atoms with van der Waals surface area (Å²) in [5.41, 5.74) is 4.20. The molecular weight excluding hydrogens is 439 g/mol. The van der Waals surface area contributed by atoms with Gasteiger partial charge >= 0.3 is 0 Å². The van der Waals surface area contributed by atoms with Crippen molar-refractivity contribution in [3.8, 4) is 11.3 Å². The predicted octanol–water partition coefficient (Wildman–Crippen LogP) is 4.86. The average Bonchev–Trinajstić information content (AvgIpc) is 3.43. The summed E-state index contributed by atoms with van der Waals surface area (Å²) in [6, 6.07) is 16.1. The van der Waals surface area contributed by atoms with Gasteiger partial charge in [0, 0.05) is 30.1 Å². The second-order valence-electron chi connectivity index (χ2n) is 7.93.